The van der Waals surface area contributed by atoms with Crippen molar-refractivity contribution in [3.8, 4) is 16.9 Å². The van der Waals surface area contributed by atoms with Crippen molar-refractivity contribution in [2.75, 3.05) is 13.7 Å². The van der Waals surface area contributed by atoms with Gasteiger partial charge in [0.15, 0.2) is 0 Å². The molecule has 0 saturated heterocycles. The maximum absolute atomic E-state index is 13.8. The first kappa shape index (κ1) is 30.8. The summed E-state index contributed by atoms with van der Waals surface area (Å²) >= 11 is 5.95. The van der Waals surface area contributed by atoms with Crippen LogP contribution in [-0.2, 0) is 22.1 Å². The van der Waals surface area contributed by atoms with Gasteiger partial charge in [-0.25, -0.2) is 4.79 Å². The Bertz CT molecular complexity index is 1330. The molecular formula is C30H32ClF3N2O4. The fourth-order valence-corrected chi connectivity index (χ4v) is 4.48. The van der Waals surface area contributed by atoms with Gasteiger partial charge < -0.3 is 20.1 Å². The molecule has 0 aliphatic heterocycles. The summed E-state index contributed by atoms with van der Waals surface area (Å²) in [5.41, 5.74) is 1.77. The first-order valence-electron chi connectivity index (χ1n) is 12.8. The highest BCUT2D eigenvalue weighted by Gasteiger charge is 2.32. The molecular weight excluding hydrogens is 545 g/mol. The molecule has 0 radical (unpaired) electrons. The average molecular weight is 577 g/mol. The largest absolute Gasteiger partial charge is 0.496 e. The van der Waals surface area contributed by atoms with Crippen LogP contribution >= 0.6 is 11.6 Å². The van der Waals surface area contributed by atoms with Crippen LogP contribution in [0.2, 0.25) is 5.02 Å². The second kappa shape index (κ2) is 13.6. The predicted octanol–water partition coefficient (Wildman–Crippen LogP) is 7.65. The van der Waals surface area contributed by atoms with E-state index in [4.69, 9.17) is 21.1 Å². The van der Waals surface area contributed by atoms with E-state index in [1.807, 2.05) is 0 Å². The zero-order valence-electron chi connectivity index (χ0n) is 22.7. The molecule has 10 heteroatoms. The number of benzene rings is 3. The SMILES string of the molecule is CCOC(=O)Cc1ccc(OC)c(-c2ccc(C(F)(F)F)cc2C(CC)NC(=O)N[C@@H](C)c2ccc(Cl)cc2)c1. The van der Waals surface area contributed by atoms with Crippen molar-refractivity contribution >= 4 is 23.6 Å². The lowest BCUT2D eigenvalue weighted by atomic mass is 9.90. The second-order valence-electron chi connectivity index (χ2n) is 9.17. The van der Waals surface area contributed by atoms with E-state index in [1.165, 1.54) is 13.2 Å². The van der Waals surface area contributed by atoms with E-state index in [2.05, 4.69) is 10.6 Å². The summed E-state index contributed by atoms with van der Waals surface area (Å²) < 4.78 is 51.8. The second-order valence-corrected chi connectivity index (χ2v) is 9.60. The molecule has 2 amide bonds. The van der Waals surface area contributed by atoms with Gasteiger partial charge >= 0.3 is 18.2 Å². The maximum atomic E-state index is 13.8. The number of alkyl halides is 3. The van der Waals surface area contributed by atoms with Crippen LogP contribution in [0.15, 0.2) is 60.7 Å². The fourth-order valence-electron chi connectivity index (χ4n) is 4.36. The number of esters is 1. The van der Waals surface area contributed by atoms with Crippen molar-refractivity contribution in [2.24, 2.45) is 0 Å². The lowest BCUT2D eigenvalue weighted by Gasteiger charge is -2.25. The minimum Gasteiger partial charge on any atom is -0.496 e. The lowest BCUT2D eigenvalue weighted by molar-refractivity contribution is -0.142. The Kier molecular flexibility index (Phi) is 10.5. The van der Waals surface area contributed by atoms with Crippen LogP contribution in [0.4, 0.5) is 18.0 Å². The van der Waals surface area contributed by atoms with E-state index in [9.17, 15) is 22.8 Å². The quantitative estimate of drug-likeness (QED) is 0.243. The summed E-state index contributed by atoms with van der Waals surface area (Å²) in [6.07, 6.45) is -4.30. The summed E-state index contributed by atoms with van der Waals surface area (Å²) in [6.45, 7) is 5.49. The summed E-state index contributed by atoms with van der Waals surface area (Å²) in [7, 11) is 1.45. The van der Waals surface area contributed by atoms with Crippen molar-refractivity contribution in [3.05, 3.63) is 87.9 Å². The fraction of sp³-hybridized carbons (Fsp3) is 0.333. The van der Waals surface area contributed by atoms with Crippen molar-refractivity contribution in [3.63, 3.8) is 0 Å². The van der Waals surface area contributed by atoms with Gasteiger partial charge in [-0.3, -0.25) is 4.79 Å². The Morgan fingerprint density at radius 3 is 2.25 bits per heavy atom. The maximum Gasteiger partial charge on any atom is 0.416 e. The van der Waals surface area contributed by atoms with Gasteiger partial charge in [-0.15, -0.1) is 0 Å². The zero-order valence-corrected chi connectivity index (χ0v) is 23.5. The highest BCUT2D eigenvalue weighted by Crippen LogP contribution is 2.40. The predicted molar refractivity (Wildman–Crippen MR) is 148 cm³/mol. The highest BCUT2D eigenvalue weighted by atomic mass is 35.5. The number of rotatable bonds is 10. The average Bonchev–Trinajstić information content (AvgIpc) is 2.91. The molecule has 1 unspecified atom stereocenters. The molecule has 0 aromatic heterocycles. The Morgan fingerprint density at radius 2 is 1.65 bits per heavy atom. The van der Waals surface area contributed by atoms with Crippen molar-refractivity contribution in [1.29, 1.82) is 0 Å². The minimum absolute atomic E-state index is 0.0126. The lowest BCUT2D eigenvalue weighted by Crippen LogP contribution is -2.39. The molecule has 0 saturated carbocycles. The van der Waals surface area contributed by atoms with Crippen LogP contribution in [0, 0.1) is 0 Å². The molecule has 40 heavy (non-hydrogen) atoms. The minimum atomic E-state index is -4.59. The molecule has 214 valence electrons. The molecule has 0 aliphatic carbocycles. The Labute approximate surface area is 236 Å². The summed E-state index contributed by atoms with van der Waals surface area (Å²) in [4.78, 5) is 25.1. The monoisotopic (exact) mass is 576 g/mol. The number of halogens is 4. The number of carbonyl (C=O) groups excluding carboxylic acids is 2. The third kappa shape index (κ3) is 7.91. The standard InChI is InChI=1S/C30H32ClF3N2O4/c1-5-26(36-29(38)35-18(3)20-8-11-22(31)12-9-20)24-17-21(30(32,33)34)10-13-23(24)25-15-19(7-14-27(25)39-4)16-28(37)40-6-2/h7-15,17-18,26H,5-6,16H2,1-4H3,(H2,35,36,38)/t18-,26?/m0/s1. The number of methoxy groups -OCH3 is 1. The Morgan fingerprint density at radius 1 is 0.950 bits per heavy atom. The molecule has 6 nitrogen and oxygen atoms in total. The van der Waals surface area contributed by atoms with Crippen LogP contribution < -0.4 is 15.4 Å². The van der Waals surface area contributed by atoms with Crippen LogP contribution in [0.3, 0.4) is 0 Å². The van der Waals surface area contributed by atoms with Crippen molar-refractivity contribution < 1.29 is 32.2 Å². The van der Waals surface area contributed by atoms with E-state index in [1.54, 1.807) is 63.2 Å². The van der Waals surface area contributed by atoms with E-state index >= 15 is 0 Å². The summed E-state index contributed by atoms with van der Waals surface area (Å²) in [5, 5.41) is 6.22. The summed E-state index contributed by atoms with van der Waals surface area (Å²) in [5.74, 6) is -0.0184. The van der Waals surface area contributed by atoms with Crippen LogP contribution in [0.25, 0.3) is 11.1 Å². The van der Waals surface area contributed by atoms with Gasteiger partial charge in [0.05, 0.1) is 37.8 Å². The number of ether oxygens (including phenoxy) is 2. The van der Waals surface area contributed by atoms with Crippen molar-refractivity contribution in [2.45, 2.75) is 51.9 Å². The molecule has 2 atom stereocenters. The van der Waals surface area contributed by atoms with Gasteiger partial charge in [-0.2, -0.15) is 13.2 Å². The Hall–Kier alpha value is -3.72. The molecule has 0 bridgehead atoms. The van der Waals surface area contributed by atoms with Crippen LogP contribution in [0.5, 0.6) is 5.75 Å². The molecule has 0 heterocycles. The number of hydrogen-bond donors (Lipinski definition) is 2. The van der Waals surface area contributed by atoms with Gasteiger partial charge in [-0.05, 0) is 78.9 Å². The van der Waals surface area contributed by atoms with Gasteiger partial charge in [-0.1, -0.05) is 42.8 Å². The number of carbonyl (C=O) groups is 2. The highest BCUT2D eigenvalue weighted by molar-refractivity contribution is 6.30. The third-order valence-corrected chi connectivity index (χ3v) is 6.65. The number of nitrogens with one attached hydrogen (secondary N) is 2. The molecule has 0 aliphatic rings. The number of amides is 2. The van der Waals surface area contributed by atoms with E-state index < -0.39 is 29.8 Å². The molecule has 3 aromatic rings. The van der Waals surface area contributed by atoms with Crippen LogP contribution in [-0.4, -0.2) is 25.7 Å². The number of urea groups is 1. The normalized spacial score (nSPS) is 12.8. The summed E-state index contributed by atoms with van der Waals surface area (Å²) in [6, 6.07) is 13.7. The molecule has 2 N–H and O–H groups in total. The molecule has 0 spiro atoms. The van der Waals surface area contributed by atoms with E-state index in [0.717, 1.165) is 17.7 Å². The smallest absolute Gasteiger partial charge is 0.416 e. The molecule has 0 fully saturated rings. The van der Waals surface area contributed by atoms with Gasteiger partial charge in [0, 0.05) is 10.6 Å². The topological polar surface area (TPSA) is 76.7 Å². The van der Waals surface area contributed by atoms with Crippen molar-refractivity contribution in [1.82, 2.24) is 10.6 Å². The third-order valence-electron chi connectivity index (χ3n) is 6.39. The number of hydrogen-bond acceptors (Lipinski definition) is 4. The van der Waals surface area contributed by atoms with Gasteiger partial charge in [0.1, 0.15) is 5.75 Å². The van der Waals surface area contributed by atoms with Crippen LogP contribution in [0.1, 0.15) is 61.5 Å². The first-order chi connectivity index (χ1) is 19.0. The van der Waals surface area contributed by atoms with E-state index in [-0.39, 0.29) is 24.6 Å². The van der Waals surface area contributed by atoms with Gasteiger partial charge in [0.25, 0.3) is 0 Å². The Balaban J connectivity index is 2.00. The van der Waals surface area contributed by atoms with E-state index in [0.29, 0.717) is 33.9 Å². The molecule has 3 aromatic carbocycles. The van der Waals surface area contributed by atoms with Gasteiger partial charge in [0.2, 0.25) is 0 Å². The zero-order chi connectivity index (χ0) is 29.4. The molecule has 3 rings (SSSR count). The first-order valence-corrected chi connectivity index (χ1v) is 13.2.